The number of hydrogen-bond acceptors (Lipinski definition) is 2. The van der Waals surface area contributed by atoms with Crippen LogP contribution < -0.4 is 10.1 Å². The van der Waals surface area contributed by atoms with Gasteiger partial charge >= 0.3 is 0 Å². The fourth-order valence-corrected chi connectivity index (χ4v) is 2.28. The number of rotatable bonds is 5. The maximum atomic E-state index is 5.98. The number of nitrogens with one attached hydrogen (secondary N) is 1. The third-order valence-electron chi connectivity index (χ3n) is 2.65. The molecule has 0 fully saturated rings. The molecule has 4 heteroatoms. The van der Waals surface area contributed by atoms with Crippen LogP contribution in [0.15, 0.2) is 46.9 Å². The molecule has 19 heavy (non-hydrogen) atoms. The molecule has 0 aromatic heterocycles. The molecular weight excluding hydrogens is 326 g/mol. The monoisotopic (exact) mass is 339 g/mol. The lowest BCUT2D eigenvalue weighted by molar-refractivity contribution is 0.341. The molecule has 1 N–H and O–H groups in total. The highest BCUT2D eigenvalue weighted by molar-refractivity contribution is 9.10. The van der Waals surface area contributed by atoms with Gasteiger partial charge < -0.3 is 10.1 Å². The summed E-state index contributed by atoms with van der Waals surface area (Å²) in [5.41, 5.74) is 2.15. The van der Waals surface area contributed by atoms with Crippen LogP contribution in [0.1, 0.15) is 12.5 Å². The Labute approximate surface area is 126 Å². The van der Waals surface area contributed by atoms with Crippen LogP contribution in [-0.4, -0.2) is 6.61 Å². The molecule has 2 aromatic rings. The molecule has 2 rings (SSSR count). The summed E-state index contributed by atoms with van der Waals surface area (Å²) in [4.78, 5) is 0. The SMILES string of the molecule is CCOc1ccccc1NCc1ccc(Cl)c(Br)c1. The molecule has 0 atom stereocenters. The lowest BCUT2D eigenvalue weighted by Gasteiger charge is -2.12. The van der Waals surface area contributed by atoms with Crippen LogP contribution >= 0.6 is 27.5 Å². The molecule has 0 aliphatic rings. The van der Waals surface area contributed by atoms with Gasteiger partial charge in [-0.15, -0.1) is 0 Å². The van der Waals surface area contributed by atoms with Crippen molar-refractivity contribution >= 4 is 33.2 Å². The highest BCUT2D eigenvalue weighted by Gasteiger charge is 2.03. The van der Waals surface area contributed by atoms with Crippen molar-refractivity contribution in [3.63, 3.8) is 0 Å². The van der Waals surface area contributed by atoms with E-state index in [1.807, 2.05) is 49.4 Å². The van der Waals surface area contributed by atoms with Crippen LogP contribution in [0.25, 0.3) is 0 Å². The van der Waals surface area contributed by atoms with Crippen molar-refractivity contribution in [2.45, 2.75) is 13.5 Å². The van der Waals surface area contributed by atoms with E-state index in [2.05, 4.69) is 21.2 Å². The second kappa shape index (κ2) is 6.83. The van der Waals surface area contributed by atoms with E-state index in [4.69, 9.17) is 16.3 Å². The summed E-state index contributed by atoms with van der Waals surface area (Å²) in [7, 11) is 0. The first kappa shape index (κ1) is 14.2. The topological polar surface area (TPSA) is 21.3 Å². The Kier molecular flexibility index (Phi) is 5.11. The molecule has 0 radical (unpaired) electrons. The third kappa shape index (κ3) is 3.88. The van der Waals surface area contributed by atoms with Gasteiger partial charge in [-0.25, -0.2) is 0 Å². The zero-order chi connectivity index (χ0) is 13.7. The summed E-state index contributed by atoms with van der Waals surface area (Å²) in [6.07, 6.45) is 0. The molecule has 2 aromatic carbocycles. The van der Waals surface area contributed by atoms with Gasteiger partial charge in [0, 0.05) is 11.0 Å². The van der Waals surface area contributed by atoms with E-state index in [1.165, 1.54) is 0 Å². The Morgan fingerprint density at radius 2 is 2.00 bits per heavy atom. The average Bonchev–Trinajstić information content (AvgIpc) is 2.42. The summed E-state index contributed by atoms with van der Waals surface area (Å²) in [5.74, 6) is 0.873. The summed E-state index contributed by atoms with van der Waals surface area (Å²) in [6.45, 7) is 3.36. The molecule has 0 heterocycles. The number of anilines is 1. The fraction of sp³-hybridized carbons (Fsp3) is 0.200. The van der Waals surface area contributed by atoms with Crippen molar-refractivity contribution in [3.8, 4) is 5.75 Å². The first-order chi connectivity index (χ1) is 9.20. The van der Waals surface area contributed by atoms with E-state index in [9.17, 15) is 0 Å². The summed E-state index contributed by atoms with van der Waals surface area (Å²) in [6, 6.07) is 13.8. The van der Waals surface area contributed by atoms with Crippen LogP contribution in [-0.2, 0) is 6.54 Å². The van der Waals surface area contributed by atoms with Crippen LogP contribution in [0.2, 0.25) is 5.02 Å². The summed E-state index contributed by atoms with van der Waals surface area (Å²) in [5, 5.41) is 4.09. The number of benzene rings is 2. The smallest absolute Gasteiger partial charge is 0.142 e. The molecule has 0 spiro atoms. The first-order valence-electron chi connectivity index (χ1n) is 6.10. The molecule has 0 bridgehead atoms. The Bertz CT molecular complexity index is 560. The largest absolute Gasteiger partial charge is 0.492 e. The molecule has 2 nitrogen and oxygen atoms in total. The van der Waals surface area contributed by atoms with Crippen LogP contribution in [0, 0.1) is 0 Å². The predicted octanol–water partition coefficient (Wildman–Crippen LogP) is 5.11. The standard InChI is InChI=1S/C15H15BrClNO/c1-2-19-15-6-4-3-5-14(15)18-10-11-7-8-13(17)12(16)9-11/h3-9,18H,2,10H2,1H3. The van der Waals surface area contributed by atoms with Gasteiger partial charge in [0.2, 0.25) is 0 Å². The van der Waals surface area contributed by atoms with E-state index >= 15 is 0 Å². The number of ether oxygens (including phenoxy) is 1. The first-order valence-corrected chi connectivity index (χ1v) is 7.27. The van der Waals surface area contributed by atoms with E-state index in [1.54, 1.807) is 0 Å². The second-order valence-corrected chi connectivity index (χ2v) is 5.29. The minimum absolute atomic E-state index is 0.658. The third-order valence-corrected chi connectivity index (χ3v) is 3.87. The van der Waals surface area contributed by atoms with Gasteiger partial charge in [-0.3, -0.25) is 0 Å². The van der Waals surface area contributed by atoms with Crippen molar-refractivity contribution in [1.82, 2.24) is 0 Å². The average molecular weight is 341 g/mol. The minimum Gasteiger partial charge on any atom is -0.492 e. The van der Waals surface area contributed by atoms with Crippen LogP contribution in [0.3, 0.4) is 0 Å². The van der Waals surface area contributed by atoms with Gasteiger partial charge in [0.15, 0.2) is 0 Å². The zero-order valence-corrected chi connectivity index (χ0v) is 13.0. The second-order valence-electron chi connectivity index (χ2n) is 4.03. The Morgan fingerprint density at radius 3 is 2.74 bits per heavy atom. The highest BCUT2D eigenvalue weighted by Crippen LogP contribution is 2.26. The molecule has 0 amide bonds. The normalized spacial score (nSPS) is 10.3. The van der Waals surface area contributed by atoms with Gasteiger partial charge in [-0.05, 0) is 52.7 Å². The quantitative estimate of drug-likeness (QED) is 0.816. The molecule has 0 unspecified atom stereocenters. The molecule has 0 aliphatic heterocycles. The minimum atomic E-state index is 0.658. The summed E-state index contributed by atoms with van der Waals surface area (Å²) >= 11 is 9.40. The maximum Gasteiger partial charge on any atom is 0.142 e. The zero-order valence-electron chi connectivity index (χ0n) is 10.6. The van der Waals surface area contributed by atoms with Crippen molar-refractivity contribution in [1.29, 1.82) is 0 Å². The highest BCUT2D eigenvalue weighted by atomic mass is 79.9. The van der Waals surface area contributed by atoms with Crippen LogP contribution in [0.5, 0.6) is 5.75 Å². The molecule has 100 valence electrons. The van der Waals surface area contributed by atoms with Gasteiger partial charge in [0.05, 0.1) is 17.3 Å². The lowest BCUT2D eigenvalue weighted by Crippen LogP contribution is -2.02. The van der Waals surface area contributed by atoms with Crippen molar-refractivity contribution in [2.75, 3.05) is 11.9 Å². The number of halogens is 2. The molecule has 0 aliphatic carbocycles. The van der Waals surface area contributed by atoms with E-state index in [-0.39, 0.29) is 0 Å². The Morgan fingerprint density at radius 1 is 1.21 bits per heavy atom. The van der Waals surface area contributed by atoms with E-state index < -0.39 is 0 Å². The van der Waals surface area contributed by atoms with Gasteiger partial charge in [0.1, 0.15) is 5.75 Å². The van der Waals surface area contributed by atoms with Crippen molar-refractivity contribution < 1.29 is 4.74 Å². The van der Waals surface area contributed by atoms with Gasteiger partial charge in [-0.2, -0.15) is 0 Å². The number of hydrogen-bond donors (Lipinski definition) is 1. The Balaban J connectivity index is 2.07. The van der Waals surface area contributed by atoms with Crippen LogP contribution in [0.4, 0.5) is 5.69 Å². The van der Waals surface area contributed by atoms with Crippen molar-refractivity contribution in [3.05, 3.63) is 57.5 Å². The number of para-hydroxylation sites is 2. The molecule has 0 saturated heterocycles. The van der Waals surface area contributed by atoms with E-state index in [0.717, 1.165) is 33.0 Å². The summed E-state index contributed by atoms with van der Waals surface area (Å²) < 4.78 is 6.48. The van der Waals surface area contributed by atoms with Gasteiger partial charge in [0.25, 0.3) is 0 Å². The maximum absolute atomic E-state index is 5.98. The molecular formula is C15H15BrClNO. The van der Waals surface area contributed by atoms with Crippen molar-refractivity contribution in [2.24, 2.45) is 0 Å². The molecule has 0 saturated carbocycles. The lowest BCUT2D eigenvalue weighted by atomic mass is 10.2. The van der Waals surface area contributed by atoms with E-state index in [0.29, 0.717) is 6.61 Å². The Hall–Kier alpha value is -1.19. The van der Waals surface area contributed by atoms with Gasteiger partial charge in [-0.1, -0.05) is 29.8 Å². The fourth-order valence-electron chi connectivity index (χ4n) is 1.74. The predicted molar refractivity (Wildman–Crippen MR) is 84.1 cm³/mol.